The fourth-order valence-electron chi connectivity index (χ4n) is 3.66. The van der Waals surface area contributed by atoms with Crippen LogP contribution in [0.1, 0.15) is 6.23 Å². The van der Waals surface area contributed by atoms with Gasteiger partial charge in [-0.15, -0.1) is 4.73 Å². The molecule has 6 atom stereocenters. The van der Waals surface area contributed by atoms with Crippen LogP contribution in [-0.2, 0) is 31.6 Å². The molecule has 41 heavy (non-hydrogen) atoms. The zero-order valence-corrected chi connectivity index (χ0v) is 22.6. The van der Waals surface area contributed by atoms with Gasteiger partial charge in [-0.05, 0) is 0 Å². The second kappa shape index (κ2) is 10.6. The van der Waals surface area contributed by atoms with E-state index in [2.05, 4.69) is 38.5 Å². The number of rotatable bonds is 10. The number of fused-ring (bicyclic) bond motifs is 2. The Balaban J connectivity index is 1.40. The van der Waals surface area contributed by atoms with E-state index in [0.717, 1.165) is 19.0 Å². The molecular formula is C15H19N10O13P3. The number of nitrogens with two attached hydrogens (primary N) is 2. The summed E-state index contributed by atoms with van der Waals surface area (Å²) in [6.45, 7) is -0.963. The van der Waals surface area contributed by atoms with Gasteiger partial charge in [0.05, 0.1) is 12.9 Å². The fourth-order valence-corrected chi connectivity index (χ4v) is 7.15. The van der Waals surface area contributed by atoms with Crippen LogP contribution in [0.3, 0.4) is 0 Å². The Labute approximate surface area is 226 Å². The molecule has 5 heterocycles. The first kappa shape index (κ1) is 29.3. The highest BCUT2D eigenvalue weighted by atomic mass is 31.3. The minimum absolute atomic E-state index is 0.0296. The van der Waals surface area contributed by atoms with Crippen LogP contribution in [0.4, 0.5) is 11.6 Å². The third kappa shape index (κ3) is 6.06. The number of phosphoric acid groups is 3. The molecule has 222 valence electrons. The monoisotopic (exact) mass is 640 g/mol. The molecule has 5 rings (SSSR count). The molecule has 0 saturated carbocycles. The Morgan fingerprint density at radius 3 is 2.12 bits per heavy atom. The third-order valence-electron chi connectivity index (χ3n) is 5.33. The summed E-state index contributed by atoms with van der Waals surface area (Å²) in [6.07, 6.45) is -2.05. The Bertz CT molecular complexity index is 1740. The largest absolute Gasteiger partial charge is 0.558 e. The molecule has 4 aromatic heterocycles. The van der Waals surface area contributed by atoms with Crippen LogP contribution in [-0.4, -0.2) is 89.0 Å². The van der Waals surface area contributed by atoms with Crippen molar-refractivity contribution in [2.75, 3.05) is 18.1 Å². The number of nitrogens with zero attached hydrogens (tertiary/aromatic N) is 8. The van der Waals surface area contributed by atoms with Crippen LogP contribution in [0.2, 0.25) is 0 Å². The highest BCUT2D eigenvalue weighted by Crippen LogP contribution is 2.67. The predicted octanol–water partition coefficient (Wildman–Crippen LogP) is -1.77. The molecule has 1 saturated heterocycles. The Morgan fingerprint density at radius 1 is 0.854 bits per heavy atom. The lowest BCUT2D eigenvalue weighted by atomic mass is 10.1. The van der Waals surface area contributed by atoms with Gasteiger partial charge < -0.3 is 45.7 Å². The molecule has 0 aliphatic carbocycles. The van der Waals surface area contributed by atoms with Gasteiger partial charge in [0.2, 0.25) is 5.65 Å². The van der Waals surface area contributed by atoms with Crippen LogP contribution in [0.25, 0.3) is 22.3 Å². The van der Waals surface area contributed by atoms with Gasteiger partial charge in [0.15, 0.2) is 29.0 Å². The molecule has 2 unspecified atom stereocenters. The minimum atomic E-state index is -5.85. The maximum absolute atomic E-state index is 13.5. The molecule has 4 aromatic rings. The molecular weight excluding hydrogens is 621 g/mol. The lowest BCUT2D eigenvalue weighted by molar-refractivity contribution is -0.0514. The van der Waals surface area contributed by atoms with E-state index in [4.69, 9.17) is 35.1 Å². The van der Waals surface area contributed by atoms with Crippen molar-refractivity contribution in [1.29, 1.82) is 0 Å². The molecule has 26 heteroatoms. The van der Waals surface area contributed by atoms with E-state index in [1.807, 2.05) is 0 Å². The molecule has 0 amide bonds. The van der Waals surface area contributed by atoms with Crippen LogP contribution < -0.4 is 16.1 Å². The van der Waals surface area contributed by atoms with E-state index < -0.39 is 54.6 Å². The number of aromatic nitrogens is 8. The summed E-state index contributed by atoms with van der Waals surface area (Å²) in [5.41, 5.74) is 11.5. The molecule has 23 nitrogen and oxygen atoms in total. The van der Waals surface area contributed by atoms with E-state index in [0.29, 0.717) is 4.73 Å². The fraction of sp³-hybridized carbons (Fsp3) is 0.333. The van der Waals surface area contributed by atoms with Crippen molar-refractivity contribution in [3.05, 3.63) is 25.3 Å². The van der Waals surface area contributed by atoms with Gasteiger partial charge in [-0.2, -0.15) is 8.62 Å². The summed E-state index contributed by atoms with van der Waals surface area (Å²) >= 11 is 0. The number of nitrogen functional groups attached to an aromatic ring is 2. The summed E-state index contributed by atoms with van der Waals surface area (Å²) in [5.74, 6) is -0.102. The first-order chi connectivity index (χ1) is 19.2. The number of aliphatic hydroxyl groups is 2. The summed E-state index contributed by atoms with van der Waals surface area (Å²) in [7, 11) is -17.0. The van der Waals surface area contributed by atoms with Gasteiger partial charge in [-0.1, -0.05) is 0 Å². The second-order valence-electron chi connectivity index (χ2n) is 8.08. The lowest BCUT2D eigenvalue weighted by Gasteiger charge is -2.22. The quantitative estimate of drug-likeness (QED) is 0.0942. The Hall–Kier alpha value is -3.17. The van der Waals surface area contributed by atoms with Crippen LogP contribution >= 0.6 is 23.5 Å². The summed E-state index contributed by atoms with van der Waals surface area (Å²) in [4.78, 5) is 50.8. The minimum Gasteiger partial charge on any atom is -0.387 e. The van der Waals surface area contributed by atoms with Crippen LogP contribution in [0.15, 0.2) is 25.3 Å². The summed E-state index contributed by atoms with van der Waals surface area (Å²) in [5, 5.41) is 21.2. The molecule has 0 aromatic carbocycles. The maximum atomic E-state index is 13.5. The topological polar surface area (TPSA) is 338 Å². The predicted molar refractivity (Wildman–Crippen MR) is 130 cm³/mol. The molecule has 0 radical (unpaired) electrons. The maximum Gasteiger partial charge on any atom is 0.558 e. The van der Waals surface area contributed by atoms with Gasteiger partial charge in [0, 0.05) is 0 Å². The number of hydrogen-bond acceptors (Lipinski definition) is 18. The molecule has 1 aliphatic heterocycles. The number of anilines is 2. The van der Waals surface area contributed by atoms with Crippen molar-refractivity contribution in [2.45, 2.75) is 24.5 Å². The molecule has 0 bridgehead atoms. The van der Waals surface area contributed by atoms with Crippen molar-refractivity contribution in [3.63, 3.8) is 0 Å². The molecule has 0 spiro atoms. The molecule has 9 N–H and O–H groups in total. The van der Waals surface area contributed by atoms with Crippen molar-refractivity contribution in [3.8, 4) is 0 Å². The summed E-state index contributed by atoms with van der Waals surface area (Å²) in [6, 6.07) is 0. The number of imidazole rings is 2. The standard InChI is InChI=1S/C15H19N10O13P3/c16-11-7-13(20-2-18-11)24(4-22-7)15-10(27)9(26)6(35-15)1-34-41(33,38-40(31,32)37-39(28,29)30)36-25-5-23-8-12(17)19-3-21-14(8)25/h2-6,9-10,15,26-27H,1H2,(H,31,32)(H2,16,18,20)(H2,17,19,21)(H2,28,29,30)/t6-,9-,10-,15-,41?/m1/s1. The average molecular weight is 640 g/mol. The number of aliphatic hydroxyl groups excluding tert-OH is 2. The number of hydrogen-bond donors (Lipinski definition) is 7. The first-order valence-electron chi connectivity index (χ1n) is 10.8. The van der Waals surface area contributed by atoms with Gasteiger partial charge in [0.25, 0.3) is 0 Å². The van der Waals surface area contributed by atoms with Gasteiger partial charge >= 0.3 is 23.5 Å². The highest BCUT2D eigenvalue weighted by molar-refractivity contribution is 7.66. The van der Waals surface area contributed by atoms with Crippen molar-refractivity contribution >= 4 is 57.4 Å². The van der Waals surface area contributed by atoms with E-state index in [1.54, 1.807) is 0 Å². The van der Waals surface area contributed by atoms with E-state index in [9.17, 15) is 28.8 Å². The van der Waals surface area contributed by atoms with Gasteiger partial charge in [0.1, 0.15) is 42.8 Å². The van der Waals surface area contributed by atoms with Crippen molar-refractivity contribution < 1.29 is 61.1 Å². The van der Waals surface area contributed by atoms with Gasteiger partial charge in [-0.25, -0.2) is 43.6 Å². The highest BCUT2D eigenvalue weighted by Gasteiger charge is 2.49. The Morgan fingerprint density at radius 2 is 1.46 bits per heavy atom. The Kier molecular flexibility index (Phi) is 7.57. The van der Waals surface area contributed by atoms with E-state index in [-0.39, 0.29) is 34.0 Å². The van der Waals surface area contributed by atoms with Crippen molar-refractivity contribution in [2.24, 2.45) is 0 Å². The average Bonchev–Trinajstić information content (AvgIpc) is 3.54. The van der Waals surface area contributed by atoms with Crippen LogP contribution in [0, 0.1) is 0 Å². The lowest BCUT2D eigenvalue weighted by Crippen LogP contribution is -2.34. The smallest absolute Gasteiger partial charge is 0.387 e. The second-order valence-corrected chi connectivity index (χ2v) is 12.6. The summed E-state index contributed by atoms with van der Waals surface area (Å²) < 4.78 is 62.4. The first-order valence-corrected chi connectivity index (χ1v) is 15.3. The SMILES string of the molecule is Nc1ncnc2c1ncn2OP(=O)(OC[C@H]1O[C@@H](n2cnc3c(N)ncnc32)[C@H](O)[C@@H]1O)OP(=O)(O)OP(=O)(O)O. The number of ether oxygens (including phenoxy) is 1. The van der Waals surface area contributed by atoms with Gasteiger partial charge in [-0.3, -0.25) is 9.09 Å². The zero-order chi connectivity index (χ0) is 29.7. The normalized spacial score (nSPS) is 24.4. The van der Waals surface area contributed by atoms with Crippen molar-refractivity contribution in [1.82, 2.24) is 39.2 Å². The molecule has 1 aliphatic rings. The van der Waals surface area contributed by atoms with E-state index >= 15 is 0 Å². The zero-order valence-electron chi connectivity index (χ0n) is 19.9. The van der Waals surface area contributed by atoms with E-state index in [1.165, 1.54) is 10.9 Å². The van der Waals surface area contributed by atoms with Crippen LogP contribution in [0.5, 0.6) is 0 Å². The third-order valence-corrected chi connectivity index (χ3v) is 9.47. The molecule has 1 fully saturated rings.